The number of carbonyl (C=O) groups excluding carboxylic acids is 2. The van der Waals surface area contributed by atoms with Crippen molar-refractivity contribution in [3.05, 3.63) is 10.4 Å². The average molecular weight is 561 g/mol. The molecule has 0 saturated carbocycles. The molecule has 0 rings (SSSR count). The normalized spacial score (nSPS) is 16.7. The van der Waals surface area contributed by atoms with E-state index in [-0.39, 0.29) is 29.0 Å². The topological polar surface area (TPSA) is 143 Å². The second-order valence-corrected chi connectivity index (χ2v) is 23.3. The summed E-state index contributed by atoms with van der Waals surface area (Å²) in [4.78, 5) is 28.0. The fourth-order valence-corrected chi connectivity index (χ4v) is 5.33. The molecule has 0 radical (unpaired) electrons. The Bertz CT molecular complexity index is 825. The number of aliphatic hydroxyl groups excluding tert-OH is 1. The maximum atomic E-state index is 12.9. The van der Waals surface area contributed by atoms with Gasteiger partial charge in [-0.05, 0) is 69.0 Å². The molecule has 0 spiro atoms. The van der Waals surface area contributed by atoms with Crippen LogP contribution >= 0.6 is 0 Å². The zero-order valence-corrected chi connectivity index (χ0v) is 27.6. The minimum absolute atomic E-state index is 0.0164. The SMILES string of the molecule is CC(=O)N[C@H]([C@H](C[C@H](N=[N+]=[N-])C(=O)OC(C)(C)C)O[Si](C)(C)C(C)(C)C)[C@@H](O)CO[Si](C)(C)C(C)(C)C. The predicted molar refractivity (Wildman–Crippen MR) is 152 cm³/mol. The zero-order valence-electron chi connectivity index (χ0n) is 25.6. The van der Waals surface area contributed by atoms with Gasteiger partial charge in [-0.2, -0.15) is 0 Å². The monoisotopic (exact) mass is 560 g/mol. The Morgan fingerprint density at radius 1 is 0.973 bits per heavy atom. The van der Waals surface area contributed by atoms with Gasteiger partial charge >= 0.3 is 5.97 Å². The maximum absolute atomic E-state index is 12.9. The van der Waals surface area contributed by atoms with Gasteiger partial charge in [0.05, 0.1) is 24.9 Å². The van der Waals surface area contributed by atoms with Crippen molar-refractivity contribution in [1.82, 2.24) is 5.32 Å². The summed E-state index contributed by atoms with van der Waals surface area (Å²) in [6.45, 7) is 27.3. The summed E-state index contributed by atoms with van der Waals surface area (Å²) in [7, 11) is -4.67. The Kier molecular flexibility index (Phi) is 12.6. The molecule has 0 aliphatic heterocycles. The van der Waals surface area contributed by atoms with Gasteiger partial charge in [0.2, 0.25) is 5.91 Å². The molecule has 0 aliphatic carbocycles. The molecule has 0 aliphatic rings. The van der Waals surface area contributed by atoms with Crippen LogP contribution in [0.25, 0.3) is 10.4 Å². The Balaban J connectivity index is 6.43. The Morgan fingerprint density at radius 3 is 1.84 bits per heavy atom. The number of nitrogens with zero attached hydrogens (tertiary/aromatic N) is 3. The third kappa shape index (κ3) is 11.9. The number of ether oxygens (including phenoxy) is 1. The lowest BCUT2D eigenvalue weighted by Crippen LogP contribution is -2.58. The van der Waals surface area contributed by atoms with Gasteiger partial charge in [-0.15, -0.1) is 0 Å². The van der Waals surface area contributed by atoms with Gasteiger partial charge in [0.15, 0.2) is 16.6 Å². The Morgan fingerprint density at radius 2 is 1.46 bits per heavy atom. The van der Waals surface area contributed by atoms with E-state index in [0.717, 1.165) is 0 Å². The van der Waals surface area contributed by atoms with Crippen molar-refractivity contribution in [3.8, 4) is 0 Å². The fraction of sp³-hybridized carbons (Fsp3) is 0.920. The summed E-state index contributed by atoms with van der Waals surface area (Å²) < 4.78 is 18.4. The van der Waals surface area contributed by atoms with E-state index in [1.54, 1.807) is 20.8 Å². The van der Waals surface area contributed by atoms with Gasteiger partial charge in [-0.25, -0.2) is 0 Å². The van der Waals surface area contributed by atoms with Crippen LogP contribution in [0.1, 0.15) is 75.7 Å². The number of hydrogen-bond acceptors (Lipinski definition) is 7. The van der Waals surface area contributed by atoms with Crippen LogP contribution in [-0.2, 0) is 23.2 Å². The molecule has 0 heterocycles. The van der Waals surface area contributed by atoms with Crippen LogP contribution in [0.15, 0.2) is 5.11 Å². The number of amides is 1. The first-order valence-corrected chi connectivity index (χ1v) is 18.7. The first kappa shape index (κ1) is 35.6. The quantitative estimate of drug-likeness (QED) is 0.103. The number of hydrogen-bond donors (Lipinski definition) is 2. The van der Waals surface area contributed by atoms with Gasteiger partial charge in [0.25, 0.3) is 0 Å². The number of nitrogens with one attached hydrogen (secondary N) is 1. The first-order valence-electron chi connectivity index (χ1n) is 12.9. The van der Waals surface area contributed by atoms with Gasteiger partial charge < -0.3 is 24.0 Å². The van der Waals surface area contributed by atoms with Crippen LogP contribution in [0.4, 0.5) is 0 Å². The molecule has 0 aromatic heterocycles. The molecular weight excluding hydrogens is 508 g/mol. The maximum Gasteiger partial charge on any atom is 0.315 e. The number of azide groups is 1. The van der Waals surface area contributed by atoms with Gasteiger partial charge in [0.1, 0.15) is 11.6 Å². The average Bonchev–Trinajstić information content (AvgIpc) is 2.66. The predicted octanol–water partition coefficient (Wildman–Crippen LogP) is 5.67. The summed E-state index contributed by atoms with van der Waals surface area (Å²) in [5.74, 6) is -1.06. The van der Waals surface area contributed by atoms with Crippen LogP contribution in [0.3, 0.4) is 0 Å². The molecule has 0 saturated heterocycles. The largest absolute Gasteiger partial charge is 0.460 e. The Labute approximate surface area is 226 Å². The van der Waals surface area contributed by atoms with Crippen LogP contribution in [0.2, 0.25) is 36.3 Å². The van der Waals surface area contributed by atoms with Crippen molar-refractivity contribution >= 4 is 28.5 Å². The number of aliphatic hydroxyl groups is 1. The van der Waals surface area contributed by atoms with E-state index in [9.17, 15) is 20.2 Å². The molecule has 4 atom stereocenters. The molecule has 0 aromatic carbocycles. The third-order valence-electron chi connectivity index (χ3n) is 7.18. The van der Waals surface area contributed by atoms with E-state index in [1.165, 1.54) is 6.92 Å². The van der Waals surface area contributed by atoms with E-state index in [0.29, 0.717) is 0 Å². The smallest absolute Gasteiger partial charge is 0.315 e. The highest BCUT2D eigenvalue weighted by Crippen LogP contribution is 2.39. The van der Waals surface area contributed by atoms with Crippen molar-refractivity contribution < 1.29 is 28.3 Å². The second kappa shape index (κ2) is 13.1. The summed E-state index contributed by atoms with van der Waals surface area (Å²) in [6.07, 6.45) is -2.04. The van der Waals surface area contributed by atoms with Crippen molar-refractivity contribution in [2.45, 2.75) is 142 Å². The van der Waals surface area contributed by atoms with E-state index in [2.05, 4.69) is 70.0 Å². The van der Waals surface area contributed by atoms with Crippen LogP contribution in [0.5, 0.6) is 0 Å². The van der Waals surface area contributed by atoms with E-state index >= 15 is 0 Å². The summed E-state index contributed by atoms with van der Waals surface area (Å²) >= 11 is 0. The van der Waals surface area contributed by atoms with Crippen molar-refractivity contribution in [2.24, 2.45) is 5.11 Å². The van der Waals surface area contributed by atoms with E-state index < -0.39 is 52.5 Å². The molecule has 37 heavy (non-hydrogen) atoms. The van der Waals surface area contributed by atoms with Gasteiger partial charge in [-0.3, -0.25) is 9.59 Å². The van der Waals surface area contributed by atoms with Crippen LogP contribution < -0.4 is 5.32 Å². The van der Waals surface area contributed by atoms with Crippen molar-refractivity contribution in [3.63, 3.8) is 0 Å². The van der Waals surface area contributed by atoms with Crippen LogP contribution in [0, 0.1) is 0 Å². The molecule has 10 nitrogen and oxygen atoms in total. The number of esters is 1. The zero-order chi connectivity index (χ0) is 29.6. The minimum atomic E-state index is -2.47. The summed E-state index contributed by atoms with van der Waals surface area (Å²) in [5, 5.41) is 17.6. The van der Waals surface area contributed by atoms with Gasteiger partial charge in [-0.1, -0.05) is 46.7 Å². The molecule has 0 bridgehead atoms. The van der Waals surface area contributed by atoms with Crippen molar-refractivity contribution in [1.29, 1.82) is 0 Å². The first-order chi connectivity index (χ1) is 16.3. The number of rotatable bonds is 12. The third-order valence-corrected chi connectivity index (χ3v) is 16.2. The molecule has 12 heteroatoms. The highest BCUT2D eigenvalue weighted by molar-refractivity contribution is 6.74. The van der Waals surface area contributed by atoms with Crippen molar-refractivity contribution in [2.75, 3.05) is 6.61 Å². The summed E-state index contributed by atoms with van der Waals surface area (Å²) in [5.41, 5.74) is 8.40. The van der Waals surface area contributed by atoms with E-state index in [1.807, 2.05) is 13.1 Å². The molecular formula is C25H52N4O6Si2. The Hall–Kier alpha value is -1.44. The molecule has 0 unspecified atom stereocenters. The molecule has 216 valence electrons. The highest BCUT2D eigenvalue weighted by Gasteiger charge is 2.45. The lowest BCUT2D eigenvalue weighted by atomic mass is 9.98. The molecule has 1 amide bonds. The van der Waals surface area contributed by atoms with E-state index in [4.69, 9.17) is 13.6 Å². The summed E-state index contributed by atoms with van der Waals surface area (Å²) in [6, 6.07) is -2.11. The molecule has 0 aromatic rings. The fourth-order valence-electron chi connectivity index (χ4n) is 2.95. The second-order valence-electron chi connectivity index (χ2n) is 13.8. The minimum Gasteiger partial charge on any atom is -0.460 e. The molecule has 2 N–H and O–H groups in total. The highest BCUT2D eigenvalue weighted by atomic mass is 28.4. The standard InChI is InChI=1S/C25H52N4O6Si2/c1-17(30)27-21(19(31)16-33-36(11,12)24(5,6)7)20(35-37(13,14)25(8,9)10)15-18(28-29-26)22(32)34-23(2,3)4/h18-21,31H,15-16H2,1-14H3,(H,27,30)/t18-,19-,20-,21-/m0/s1. The lowest BCUT2D eigenvalue weighted by molar-refractivity contribution is -0.157. The van der Waals surface area contributed by atoms with Gasteiger partial charge in [0, 0.05) is 11.8 Å². The van der Waals surface area contributed by atoms with Crippen LogP contribution in [-0.4, -0.2) is 70.1 Å². The lowest BCUT2D eigenvalue weighted by Gasteiger charge is -2.43. The number of carbonyl (C=O) groups is 2. The molecule has 0 fully saturated rings.